The maximum atomic E-state index is 9.07. The summed E-state index contributed by atoms with van der Waals surface area (Å²) in [4.78, 5) is 12.0. The molecule has 2 aromatic rings. The number of aliphatic hydroxyl groups is 1. The van der Waals surface area contributed by atoms with Crippen molar-refractivity contribution >= 4 is 11.0 Å². The van der Waals surface area contributed by atoms with Crippen LogP contribution in [0.15, 0.2) is 6.07 Å². The van der Waals surface area contributed by atoms with Gasteiger partial charge < -0.3 is 10.1 Å². The first-order valence-corrected chi connectivity index (χ1v) is 5.25. The summed E-state index contributed by atoms with van der Waals surface area (Å²) in [6, 6.07) is 1.90. The molecule has 1 aliphatic rings. The first-order chi connectivity index (χ1) is 7.28. The lowest BCUT2D eigenvalue weighted by atomic mass is 10.2. The molecular weight excluding hydrogens is 190 g/mol. The first kappa shape index (κ1) is 8.85. The number of fused-ring (bicyclic) bond motifs is 1. The van der Waals surface area contributed by atoms with Crippen LogP contribution in [0.5, 0.6) is 0 Å². The Hall–Kier alpha value is -1.42. The van der Waals surface area contributed by atoms with E-state index in [1.54, 1.807) is 0 Å². The quantitative estimate of drug-likeness (QED) is 0.779. The third kappa shape index (κ3) is 1.41. The molecule has 0 amide bonds. The van der Waals surface area contributed by atoms with Gasteiger partial charge in [-0.05, 0) is 25.8 Å². The largest absolute Gasteiger partial charge is 0.390 e. The lowest BCUT2D eigenvalue weighted by molar-refractivity contribution is 0.278. The zero-order valence-corrected chi connectivity index (χ0v) is 8.62. The molecule has 15 heavy (non-hydrogen) atoms. The molecule has 0 saturated heterocycles. The fraction of sp³-hybridized carbons (Fsp3) is 0.455. The predicted octanol–water partition coefficient (Wildman–Crippen LogP) is 1.64. The van der Waals surface area contributed by atoms with Gasteiger partial charge in [-0.25, -0.2) is 9.97 Å². The van der Waals surface area contributed by atoms with Crippen molar-refractivity contribution in [2.75, 3.05) is 0 Å². The fourth-order valence-electron chi connectivity index (χ4n) is 1.95. The highest BCUT2D eigenvalue weighted by atomic mass is 16.3. The highest BCUT2D eigenvalue weighted by molar-refractivity contribution is 5.79. The summed E-state index contributed by atoms with van der Waals surface area (Å²) in [6.45, 7) is 1.94. The molecule has 4 heteroatoms. The van der Waals surface area contributed by atoms with E-state index in [1.807, 2.05) is 13.0 Å². The molecule has 0 aliphatic heterocycles. The zero-order valence-electron chi connectivity index (χ0n) is 8.62. The van der Waals surface area contributed by atoms with E-state index in [9.17, 15) is 0 Å². The van der Waals surface area contributed by atoms with Gasteiger partial charge in [0.25, 0.3) is 0 Å². The van der Waals surface area contributed by atoms with Gasteiger partial charge in [-0.1, -0.05) is 0 Å². The Balaban J connectivity index is 2.26. The lowest BCUT2D eigenvalue weighted by Crippen LogP contribution is -1.95. The van der Waals surface area contributed by atoms with Crippen LogP contribution in [0.25, 0.3) is 11.0 Å². The second-order valence-electron chi connectivity index (χ2n) is 4.14. The summed E-state index contributed by atoms with van der Waals surface area (Å²) in [5, 5.41) is 9.07. The van der Waals surface area contributed by atoms with E-state index in [1.165, 1.54) is 12.8 Å². The molecule has 3 rings (SSSR count). The molecule has 0 atom stereocenters. The van der Waals surface area contributed by atoms with E-state index in [0.29, 0.717) is 5.92 Å². The monoisotopic (exact) mass is 203 g/mol. The summed E-state index contributed by atoms with van der Waals surface area (Å²) in [6.07, 6.45) is 2.44. The molecular formula is C11H13N3O. The van der Waals surface area contributed by atoms with Crippen LogP contribution < -0.4 is 0 Å². The third-order valence-electron chi connectivity index (χ3n) is 2.81. The minimum atomic E-state index is 0.0273. The van der Waals surface area contributed by atoms with Gasteiger partial charge in [0.2, 0.25) is 0 Å². The molecule has 78 valence electrons. The van der Waals surface area contributed by atoms with Crippen LogP contribution in [0.2, 0.25) is 0 Å². The predicted molar refractivity (Wildman–Crippen MR) is 56.5 cm³/mol. The van der Waals surface area contributed by atoms with E-state index in [-0.39, 0.29) is 6.61 Å². The van der Waals surface area contributed by atoms with Crippen LogP contribution in [-0.4, -0.2) is 20.1 Å². The van der Waals surface area contributed by atoms with Gasteiger partial charge in [-0.3, -0.25) is 0 Å². The number of nitrogens with zero attached hydrogens (tertiary/aromatic N) is 2. The maximum absolute atomic E-state index is 9.07. The molecule has 0 bridgehead atoms. The van der Waals surface area contributed by atoms with Crippen LogP contribution in [0.1, 0.15) is 36.0 Å². The highest BCUT2D eigenvalue weighted by Gasteiger charge is 2.28. The third-order valence-corrected chi connectivity index (χ3v) is 2.81. The van der Waals surface area contributed by atoms with Gasteiger partial charge in [0.1, 0.15) is 5.82 Å². The number of hydrogen-bond donors (Lipinski definition) is 2. The molecule has 1 fully saturated rings. The first-order valence-electron chi connectivity index (χ1n) is 5.25. The topological polar surface area (TPSA) is 61.8 Å². The van der Waals surface area contributed by atoms with Crippen LogP contribution >= 0.6 is 0 Å². The number of nitrogens with one attached hydrogen (secondary N) is 1. The number of aryl methyl sites for hydroxylation is 1. The molecule has 2 N–H and O–H groups in total. The fourth-order valence-corrected chi connectivity index (χ4v) is 1.95. The summed E-state index contributed by atoms with van der Waals surface area (Å²) in [5.74, 6) is 1.41. The van der Waals surface area contributed by atoms with Crippen molar-refractivity contribution in [3.63, 3.8) is 0 Å². The SMILES string of the molecule is Cc1nc(C2CC2)c2[nH]c(CO)cc2n1. The zero-order chi connectivity index (χ0) is 10.4. The Labute approximate surface area is 87.4 Å². The highest BCUT2D eigenvalue weighted by Crippen LogP contribution is 2.41. The molecule has 2 heterocycles. The van der Waals surface area contributed by atoms with Crippen LogP contribution in [-0.2, 0) is 6.61 Å². The average Bonchev–Trinajstić information content (AvgIpc) is 2.97. The Kier molecular flexibility index (Phi) is 1.79. The molecule has 0 aromatic carbocycles. The molecule has 2 aromatic heterocycles. The summed E-state index contributed by atoms with van der Waals surface area (Å²) < 4.78 is 0. The van der Waals surface area contributed by atoms with Gasteiger partial charge in [0, 0.05) is 11.6 Å². The summed E-state index contributed by atoms with van der Waals surface area (Å²) >= 11 is 0. The number of aromatic nitrogens is 3. The Morgan fingerprint density at radius 2 is 2.27 bits per heavy atom. The van der Waals surface area contributed by atoms with E-state index in [0.717, 1.165) is 28.2 Å². The number of rotatable bonds is 2. The van der Waals surface area contributed by atoms with Gasteiger partial charge >= 0.3 is 0 Å². The molecule has 1 aliphatic carbocycles. The number of hydrogen-bond acceptors (Lipinski definition) is 3. The maximum Gasteiger partial charge on any atom is 0.126 e. The molecule has 0 radical (unpaired) electrons. The minimum absolute atomic E-state index is 0.0273. The van der Waals surface area contributed by atoms with Crippen LogP contribution in [0.4, 0.5) is 0 Å². The van der Waals surface area contributed by atoms with Crippen molar-refractivity contribution < 1.29 is 5.11 Å². The molecule has 4 nitrogen and oxygen atoms in total. The van der Waals surface area contributed by atoms with Crippen molar-refractivity contribution in [1.29, 1.82) is 0 Å². The van der Waals surface area contributed by atoms with Gasteiger partial charge in [-0.2, -0.15) is 0 Å². The van der Waals surface area contributed by atoms with Crippen molar-refractivity contribution in [3.8, 4) is 0 Å². The molecule has 0 spiro atoms. The standard InChI is InChI=1S/C11H13N3O/c1-6-12-9-4-8(5-15)14-11(9)10(13-6)7-2-3-7/h4,7,14-15H,2-3,5H2,1H3. The number of aliphatic hydroxyl groups excluding tert-OH is 1. The van der Waals surface area contributed by atoms with Crippen molar-refractivity contribution in [3.05, 3.63) is 23.3 Å². The van der Waals surface area contributed by atoms with E-state index in [4.69, 9.17) is 5.11 Å². The minimum Gasteiger partial charge on any atom is -0.390 e. The second kappa shape index (κ2) is 3.03. The number of aromatic amines is 1. The summed E-state index contributed by atoms with van der Waals surface area (Å²) in [7, 11) is 0. The smallest absolute Gasteiger partial charge is 0.126 e. The van der Waals surface area contributed by atoms with Gasteiger partial charge in [0.15, 0.2) is 0 Å². The second-order valence-corrected chi connectivity index (χ2v) is 4.14. The number of H-pyrrole nitrogens is 1. The van der Waals surface area contributed by atoms with E-state index >= 15 is 0 Å². The Bertz CT molecular complexity index is 514. The molecule has 1 saturated carbocycles. The van der Waals surface area contributed by atoms with Gasteiger partial charge in [-0.15, -0.1) is 0 Å². The lowest BCUT2D eigenvalue weighted by Gasteiger charge is -2.00. The van der Waals surface area contributed by atoms with Crippen molar-refractivity contribution in [2.45, 2.75) is 32.3 Å². The van der Waals surface area contributed by atoms with Crippen molar-refractivity contribution in [2.24, 2.45) is 0 Å². The van der Waals surface area contributed by atoms with Crippen molar-refractivity contribution in [1.82, 2.24) is 15.0 Å². The van der Waals surface area contributed by atoms with Crippen LogP contribution in [0.3, 0.4) is 0 Å². The normalized spacial score (nSPS) is 16.1. The van der Waals surface area contributed by atoms with Gasteiger partial charge in [0.05, 0.1) is 23.3 Å². The Morgan fingerprint density at radius 3 is 2.93 bits per heavy atom. The summed E-state index contributed by atoms with van der Waals surface area (Å²) in [5.41, 5.74) is 3.87. The average molecular weight is 203 g/mol. The van der Waals surface area contributed by atoms with Crippen LogP contribution in [0, 0.1) is 6.92 Å². The van der Waals surface area contributed by atoms with E-state index < -0.39 is 0 Å². The Morgan fingerprint density at radius 1 is 1.47 bits per heavy atom. The van der Waals surface area contributed by atoms with E-state index in [2.05, 4.69) is 15.0 Å². The molecule has 0 unspecified atom stereocenters.